The summed E-state index contributed by atoms with van der Waals surface area (Å²) in [5.41, 5.74) is 2.42. The Morgan fingerprint density at radius 2 is 1.79 bits per heavy atom. The number of carbonyl (C=O) groups is 1. The summed E-state index contributed by atoms with van der Waals surface area (Å²) < 4.78 is 0. The summed E-state index contributed by atoms with van der Waals surface area (Å²) in [5.74, 6) is -0.168. The van der Waals surface area contributed by atoms with Gasteiger partial charge in [-0.3, -0.25) is 9.69 Å². The van der Waals surface area contributed by atoms with Crippen molar-refractivity contribution in [3.63, 3.8) is 0 Å². The van der Waals surface area contributed by atoms with Crippen molar-refractivity contribution in [3.05, 3.63) is 77.1 Å². The molecule has 0 atom stereocenters. The zero-order valence-electron chi connectivity index (χ0n) is 15.5. The van der Waals surface area contributed by atoms with E-state index in [2.05, 4.69) is 32.5 Å². The molecule has 1 aromatic heterocycles. The molecule has 1 aliphatic rings. The highest BCUT2D eigenvalue weighted by Gasteiger charge is 2.22. The first-order chi connectivity index (χ1) is 13.7. The van der Waals surface area contributed by atoms with E-state index in [1.165, 1.54) is 16.6 Å². The molecule has 1 aliphatic heterocycles. The lowest BCUT2D eigenvalue weighted by atomic mass is 10.0. The molecule has 0 bridgehead atoms. The lowest BCUT2D eigenvalue weighted by molar-refractivity contribution is 0.0903. The van der Waals surface area contributed by atoms with Crippen LogP contribution >= 0.6 is 11.6 Å². The van der Waals surface area contributed by atoms with E-state index in [4.69, 9.17) is 11.6 Å². The average Bonchev–Trinajstić information content (AvgIpc) is 3.22. The fourth-order valence-electron chi connectivity index (χ4n) is 3.40. The van der Waals surface area contributed by atoms with Gasteiger partial charge in [-0.25, -0.2) is 0 Å². The summed E-state index contributed by atoms with van der Waals surface area (Å²) >= 11 is 5.94. The first-order valence-electron chi connectivity index (χ1n) is 9.43. The van der Waals surface area contributed by atoms with Crippen LogP contribution in [0.3, 0.4) is 0 Å². The first-order valence-corrected chi connectivity index (χ1v) is 9.80. The third kappa shape index (κ3) is 4.58. The standard InChI is InChI=1S/C21H22ClN5O/c22-17-8-6-16(7-9-17)15-26-12-10-18(11-13-26)24-21(28)20-14-23-27(25-20)19-4-2-1-3-5-19/h1-9,14,18H,10-13,15H2,(H,24,28). The van der Waals surface area contributed by atoms with Gasteiger partial charge in [-0.1, -0.05) is 41.9 Å². The molecular weight excluding hydrogens is 374 g/mol. The molecule has 4 rings (SSSR count). The van der Waals surface area contributed by atoms with Crippen LogP contribution in [0.1, 0.15) is 28.9 Å². The van der Waals surface area contributed by atoms with Gasteiger partial charge in [-0.2, -0.15) is 9.90 Å². The third-order valence-corrected chi connectivity index (χ3v) is 5.21. The van der Waals surface area contributed by atoms with Crippen LogP contribution in [0.4, 0.5) is 0 Å². The number of carbonyl (C=O) groups excluding carboxylic acids is 1. The summed E-state index contributed by atoms with van der Waals surface area (Å²) in [6, 6.07) is 17.7. The van der Waals surface area contributed by atoms with Gasteiger partial charge in [-0.05, 0) is 42.7 Å². The van der Waals surface area contributed by atoms with Crippen molar-refractivity contribution in [3.8, 4) is 5.69 Å². The van der Waals surface area contributed by atoms with Crippen molar-refractivity contribution >= 4 is 17.5 Å². The van der Waals surface area contributed by atoms with Crippen molar-refractivity contribution in [2.24, 2.45) is 0 Å². The number of amides is 1. The molecule has 0 aliphatic carbocycles. The van der Waals surface area contributed by atoms with Crippen LogP contribution in [0, 0.1) is 0 Å². The molecule has 3 aromatic rings. The Morgan fingerprint density at radius 1 is 1.07 bits per heavy atom. The number of halogens is 1. The van der Waals surface area contributed by atoms with Crippen LogP contribution in [0.15, 0.2) is 60.8 Å². The molecule has 7 heteroatoms. The Bertz CT molecular complexity index is 917. The second-order valence-corrected chi connectivity index (χ2v) is 7.44. The molecule has 144 valence electrons. The quantitative estimate of drug-likeness (QED) is 0.719. The van der Waals surface area contributed by atoms with Crippen molar-refractivity contribution in [1.82, 2.24) is 25.2 Å². The zero-order chi connectivity index (χ0) is 19.3. The van der Waals surface area contributed by atoms with Gasteiger partial charge < -0.3 is 5.32 Å². The topological polar surface area (TPSA) is 63.1 Å². The lowest BCUT2D eigenvalue weighted by Crippen LogP contribution is -2.44. The number of hydrogen-bond donors (Lipinski definition) is 1. The van der Waals surface area contributed by atoms with Gasteiger partial charge in [0.2, 0.25) is 0 Å². The summed E-state index contributed by atoms with van der Waals surface area (Å²) in [5, 5.41) is 12.3. The Morgan fingerprint density at radius 3 is 2.50 bits per heavy atom. The summed E-state index contributed by atoms with van der Waals surface area (Å²) in [7, 11) is 0. The maximum atomic E-state index is 12.5. The maximum Gasteiger partial charge on any atom is 0.273 e. The molecular formula is C21H22ClN5O. The first kappa shape index (κ1) is 18.7. The molecule has 6 nitrogen and oxygen atoms in total. The Balaban J connectivity index is 1.28. The van der Waals surface area contributed by atoms with E-state index < -0.39 is 0 Å². The van der Waals surface area contributed by atoms with Gasteiger partial charge in [-0.15, -0.1) is 5.10 Å². The number of aromatic nitrogens is 3. The number of hydrogen-bond acceptors (Lipinski definition) is 4. The fraction of sp³-hybridized carbons (Fsp3) is 0.286. The summed E-state index contributed by atoms with van der Waals surface area (Å²) in [6.45, 7) is 2.80. The van der Waals surface area contributed by atoms with E-state index in [0.29, 0.717) is 5.69 Å². The molecule has 0 spiro atoms. The zero-order valence-corrected chi connectivity index (χ0v) is 16.2. The van der Waals surface area contributed by atoms with Crippen LogP contribution in [0.5, 0.6) is 0 Å². The number of nitrogens with zero attached hydrogens (tertiary/aromatic N) is 4. The molecule has 2 aromatic carbocycles. The second-order valence-electron chi connectivity index (χ2n) is 7.01. The highest BCUT2D eigenvalue weighted by molar-refractivity contribution is 6.30. The molecule has 1 fully saturated rings. The van der Waals surface area contributed by atoms with Gasteiger partial charge in [0.25, 0.3) is 5.91 Å². The summed E-state index contributed by atoms with van der Waals surface area (Å²) in [4.78, 5) is 16.4. The van der Waals surface area contributed by atoms with Gasteiger partial charge in [0, 0.05) is 30.7 Å². The van der Waals surface area contributed by atoms with E-state index in [1.54, 1.807) is 0 Å². The van der Waals surface area contributed by atoms with Crippen LogP contribution in [0.25, 0.3) is 5.69 Å². The molecule has 0 unspecified atom stereocenters. The molecule has 1 amide bonds. The van der Waals surface area contributed by atoms with E-state index in [9.17, 15) is 4.79 Å². The number of piperidine rings is 1. The van der Waals surface area contributed by atoms with Crippen molar-refractivity contribution < 1.29 is 4.79 Å². The SMILES string of the molecule is O=C(NC1CCN(Cc2ccc(Cl)cc2)CC1)c1cnn(-c2ccccc2)n1. The number of rotatable bonds is 5. The number of para-hydroxylation sites is 1. The van der Waals surface area contributed by atoms with Gasteiger partial charge in [0.15, 0.2) is 5.69 Å². The number of benzene rings is 2. The maximum absolute atomic E-state index is 12.5. The molecule has 1 saturated heterocycles. The van der Waals surface area contributed by atoms with E-state index in [0.717, 1.165) is 43.2 Å². The largest absolute Gasteiger partial charge is 0.348 e. The van der Waals surface area contributed by atoms with Crippen LogP contribution in [0.2, 0.25) is 5.02 Å². The molecule has 28 heavy (non-hydrogen) atoms. The Kier molecular flexibility index (Phi) is 5.69. The minimum absolute atomic E-state index is 0.163. The van der Waals surface area contributed by atoms with Crippen molar-refractivity contribution in [2.75, 3.05) is 13.1 Å². The lowest BCUT2D eigenvalue weighted by Gasteiger charge is -2.32. The van der Waals surface area contributed by atoms with Crippen molar-refractivity contribution in [2.45, 2.75) is 25.4 Å². The van der Waals surface area contributed by atoms with Crippen molar-refractivity contribution in [1.29, 1.82) is 0 Å². The highest BCUT2D eigenvalue weighted by atomic mass is 35.5. The third-order valence-electron chi connectivity index (χ3n) is 4.95. The number of likely N-dealkylation sites (tertiary alicyclic amines) is 1. The van der Waals surface area contributed by atoms with Crippen LogP contribution in [-0.4, -0.2) is 44.9 Å². The smallest absolute Gasteiger partial charge is 0.273 e. The van der Waals surface area contributed by atoms with E-state index in [1.807, 2.05) is 42.5 Å². The predicted octanol–water partition coefficient (Wildman–Crippen LogP) is 3.32. The fourth-order valence-corrected chi connectivity index (χ4v) is 3.52. The van der Waals surface area contributed by atoms with E-state index >= 15 is 0 Å². The molecule has 2 heterocycles. The van der Waals surface area contributed by atoms with Crippen LogP contribution < -0.4 is 5.32 Å². The highest BCUT2D eigenvalue weighted by Crippen LogP contribution is 2.16. The minimum Gasteiger partial charge on any atom is -0.348 e. The predicted molar refractivity (Wildman–Crippen MR) is 109 cm³/mol. The van der Waals surface area contributed by atoms with E-state index in [-0.39, 0.29) is 11.9 Å². The second kappa shape index (κ2) is 8.54. The average molecular weight is 396 g/mol. The monoisotopic (exact) mass is 395 g/mol. The molecule has 0 radical (unpaired) electrons. The normalized spacial score (nSPS) is 15.5. The Hall–Kier alpha value is -2.70. The summed E-state index contributed by atoms with van der Waals surface area (Å²) in [6.07, 6.45) is 3.36. The van der Waals surface area contributed by atoms with Gasteiger partial charge in [0.1, 0.15) is 0 Å². The Labute approximate surface area is 169 Å². The molecule has 1 N–H and O–H groups in total. The van der Waals surface area contributed by atoms with Crippen LogP contribution in [-0.2, 0) is 6.54 Å². The number of nitrogens with one attached hydrogen (secondary N) is 1. The van der Waals surface area contributed by atoms with Gasteiger partial charge in [0.05, 0.1) is 11.9 Å². The van der Waals surface area contributed by atoms with Gasteiger partial charge >= 0.3 is 0 Å². The molecule has 0 saturated carbocycles. The minimum atomic E-state index is -0.168.